The standard InChI is InChI=1S/C35H47N3O4/c1-8-10-13-21-38(33(40)30(25(4)9-2)37-34(41)42-35(5,6)7)31(28-18-14-15-24(3)22-28)32(39)36-29-20-19-26-16-11-12-17-27(26)23-29/h11-12,14-20,22-23,25,30-31H,8-10,13,21H2,1-7H3,(H,36,39)(H,37,41). The number of amides is 3. The number of fused-ring (bicyclic) bond motifs is 1. The molecule has 0 aliphatic heterocycles. The maximum absolute atomic E-state index is 14.4. The molecule has 0 fully saturated rings. The number of hydrogen-bond donors (Lipinski definition) is 2. The van der Waals surface area contributed by atoms with Crippen molar-refractivity contribution in [2.45, 2.75) is 91.8 Å². The molecule has 0 spiro atoms. The predicted molar refractivity (Wildman–Crippen MR) is 170 cm³/mol. The van der Waals surface area contributed by atoms with E-state index in [1.165, 1.54) is 0 Å². The summed E-state index contributed by atoms with van der Waals surface area (Å²) in [7, 11) is 0. The van der Waals surface area contributed by atoms with E-state index in [-0.39, 0.29) is 17.7 Å². The van der Waals surface area contributed by atoms with Crippen LogP contribution in [0.15, 0.2) is 66.7 Å². The van der Waals surface area contributed by atoms with Crippen LogP contribution in [0.1, 0.15) is 84.4 Å². The van der Waals surface area contributed by atoms with Gasteiger partial charge in [0.05, 0.1) is 0 Å². The molecule has 0 aliphatic rings. The molecule has 0 aliphatic carbocycles. The number of nitrogens with zero attached hydrogens (tertiary/aromatic N) is 1. The summed E-state index contributed by atoms with van der Waals surface area (Å²) in [5, 5.41) is 8.01. The van der Waals surface area contributed by atoms with E-state index in [1.807, 2.05) is 87.5 Å². The van der Waals surface area contributed by atoms with Crippen LogP contribution in [-0.4, -0.2) is 41.0 Å². The molecule has 3 aromatic rings. The summed E-state index contributed by atoms with van der Waals surface area (Å²) in [6, 6.07) is 19.7. The highest BCUT2D eigenvalue weighted by molar-refractivity contribution is 6.00. The molecule has 42 heavy (non-hydrogen) atoms. The van der Waals surface area contributed by atoms with Crippen molar-refractivity contribution in [1.82, 2.24) is 10.2 Å². The van der Waals surface area contributed by atoms with Crippen molar-refractivity contribution >= 4 is 34.4 Å². The molecule has 7 nitrogen and oxygen atoms in total. The Kier molecular flexibility index (Phi) is 11.5. The Bertz CT molecular complexity index is 1360. The fraction of sp³-hybridized carbons (Fsp3) is 0.457. The van der Waals surface area contributed by atoms with Crippen molar-refractivity contribution in [3.63, 3.8) is 0 Å². The van der Waals surface area contributed by atoms with Crippen LogP contribution < -0.4 is 10.6 Å². The van der Waals surface area contributed by atoms with Crippen LogP contribution in [0.5, 0.6) is 0 Å². The number of hydrogen-bond acceptors (Lipinski definition) is 4. The number of ether oxygens (including phenoxy) is 1. The van der Waals surface area contributed by atoms with Crippen LogP contribution in [0.25, 0.3) is 10.8 Å². The molecular formula is C35H47N3O4. The lowest BCUT2D eigenvalue weighted by molar-refractivity contribution is -0.142. The van der Waals surface area contributed by atoms with Gasteiger partial charge in [0.2, 0.25) is 5.91 Å². The average molecular weight is 574 g/mol. The third-order valence-electron chi connectivity index (χ3n) is 7.37. The quantitative estimate of drug-likeness (QED) is 0.217. The highest BCUT2D eigenvalue weighted by atomic mass is 16.6. The molecule has 2 N–H and O–H groups in total. The fourth-order valence-electron chi connectivity index (χ4n) is 4.99. The molecule has 0 saturated carbocycles. The van der Waals surface area contributed by atoms with Crippen molar-refractivity contribution < 1.29 is 19.1 Å². The normalized spacial score (nSPS) is 13.6. The number of nitrogens with one attached hydrogen (secondary N) is 2. The van der Waals surface area contributed by atoms with E-state index >= 15 is 0 Å². The van der Waals surface area contributed by atoms with Crippen LogP contribution in [0, 0.1) is 12.8 Å². The fourth-order valence-corrected chi connectivity index (χ4v) is 4.99. The Morgan fingerprint density at radius 1 is 0.905 bits per heavy atom. The van der Waals surface area contributed by atoms with Gasteiger partial charge in [0.1, 0.15) is 17.7 Å². The van der Waals surface area contributed by atoms with Crippen LogP contribution in [0.2, 0.25) is 0 Å². The third-order valence-corrected chi connectivity index (χ3v) is 7.37. The number of carbonyl (C=O) groups excluding carboxylic acids is 3. The number of aryl methyl sites for hydroxylation is 1. The maximum atomic E-state index is 14.4. The van der Waals surface area contributed by atoms with E-state index in [2.05, 4.69) is 17.6 Å². The summed E-state index contributed by atoms with van der Waals surface area (Å²) in [5.41, 5.74) is 1.65. The molecular weight excluding hydrogens is 526 g/mol. The number of benzene rings is 3. The van der Waals surface area contributed by atoms with Gasteiger partial charge in [-0.2, -0.15) is 0 Å². The molecule has 0 bridgehead atoms. The molecule has 3 unspecified atom stereocenters. The molecule has 3 aromatic carbocycles. The molecule has 3 rings (SSSR count). The Labute approximate surface area is 251 Å². The maximum Gasteiger partial charge on any atom is 0.408 e. The first kappa shape index (κ1) is 32.6. The summed E-state index contributed by atoms with van der Waals surface area (Å²) in [6.45, 7) is 13.7. The first-order valence-corrected chi connectivity index (χ1v) is 15.1. The van der Waals surface area contributed by atoms with Crippen molar-refractivity contribution in [3.05, 3.63) is 77.9 Å². The lowest BCUT2D eigenvalue weighted by Gasteiger charge is -2.36. The van der Waals surface area contributed by atoms with Gasteiger partial charge in [-0.1, -0.05) is 100 Å². The van der Waals surface area contributed by atoms with Crippen molar-refractivity contribution in [3.8, 4) is 0 Å². The van der Waals surface area contributed by atoms with Crippen LogP contribution in [-0.2, 0) is 14.3 Å². The van der Waals surface area contributed by atoms with Gasteiger partial charge in [-0.3, -0.25) is 9.59 Å². The minimum atomic E-state index is -0.896. The monoisotopic (exact) mass is 573 g/mol. The number of rotatable bonds is 12. The second kappa shape index (κ2) is 14.9. The van der Waals surface area contributed by atoms with Gasteiger partial charge < -0.3 is 20.3 Å². The molecule has 0 saturated heterocycles. The zero-order chi connectivity index (χ0) is 30.9. The van der Waals surface area contributed by atoms with E-state index < -0.39 is 23.8 Å². The first-order valence-electron chi connectivity index (χ1n) is 15.1. The molecule has 226 valence electrons. The molecule has 0 radical (unpaired) electrons. The topological polar surface area (TPSA) is 87.7 Å². The van der Waals surface area contributed by atoms with Gasteiger partial charge in [0.15, 0.2) is 0 Å². The van der Waals surface area contributed by atoms with Crippen LogP contribution in [0.4, 0.5) is 10.5 Å². The number of anilines is 1. The van der Waals surface area contributed by atoms with Crippen molar-refractivity contribution in [1.29, 1.82) is 0 Å². The highest BCUT2D eigenvalue weighted by Gasteiger charge is 2.38. The smallest absolute Gasteiger partial charge is 0.408 e. The zero-order valence-corrected chi connectivity index (χ0v) is 26.2. The summed E-state index contributed by atoms with van der Waals surface area (Å²) in [4.78, 5) is 43.1. The SMILES string of the molecule is CCCCCN(C(=O)C(NC(=O)OC(C)(C)C)C(C)CC)C(C(=O)Nc1ccc2ccccc2c1)c1cccc(C)c1. The van der Waals surface area contributed by atoms with E-state index in [0.717, 1.165) is 41.2 Å². The number of alkyl carbamates (subject to hydrolysis) is 1. The number of carbonyl (C=O) groups is 3. The van der Waals surface area contributed by atoms with Gasteiger partial charge in [-0.05, 0) is 68.5 Å². The largest absolute Gasteiger partial charge is 0.444 e. The van der Waals surface area contributed by atoms with E-state index in [4.69, 9.17) is 4.74 Å². The number of unbranched alkanes of at least 4 members (excludes halogenated alkanes) is 2. The Morgan fingerprint density at radius 2 is 1.62 bits per heavy atom. The first-order chi connectivity index (χ1) is 19.9. The van der Waals surface area contributed by atoms with Gasteiger partial charge in [0, 0.05) is 12.2 Å². The summed E-state index contributed by atoms with van der Waals surface area (Å²) < 4.78 is 5.51. The summed E-state index contributed by atoms with van der Waals surface area (Å²) in [5.74, 6) is -0.784. The minimum Gasteiger partial charge on any atom is -0.444 e. The Morgan fingerprint density at radius 3 is 2.26 bits per heavy atom. The van der Waals surface area contributed by atoms with Crippen LogP contribution >= 0.6 is 0 Å². The second-order valence-electron chi connectivity index (χ2n) is 12.1. The summed E-state index contributed by atoms with van der Waals surface area (Å²) in [6.07, 6.45) is 2.61. The average Bonchev–Trinajstić information content (AvgIpc) is 2.93. The van der Waals surface area contributed by atoms with Gasteiger partial charge in [-0.25, -0.2) is 4.79 Å². The molecule has 0 heterocycles. The highest BCUT2D eigenvalue weighted by Crippen LogP contribution is 2.28. The molecule has 3 amide bonds. The van der Waals surface area contributed by atoms with E-state index in [1.54, 1.807) is 25.7 Å². The minimum absolute atomic E-state index is 0.180. The van der Waals surface area contributed by atoms with Gasteiger partial charge >= 0.3 is 6.09 Å². The van der Waals surface area contributed by atoms with Crippen LogP contribution in [0.3, 0.4) is 0 Å². The second-order valence-corrected chi connectivity index (χ2v) is 12.1. The predicted octanol–water partition coefficient (Wildman–Crippen LogP) is 7.79. The van der Waals surface area contributed by atoms with E-state index in [0.29, 0.717) is 18.7 Å². The van der Waals surface area contributed by atoms with E-state index in [9.17, 15) is 14.4 Å². The third kappa shape index (κ3) is 9.07. The lowest BCUT2D eigenvalue weighted by atomic mass is 9.95. The van der Waals surface area contributed by atoms with Gasteiger partial charge in [0.25, 0.3) is 5.91 Å². The summed E-state index contributed by atoms with van der Waals surface area (Å²) >= 11 is 0. The Hall–Kier alpha value is -3.87. The van der Waals surface area contributed by atoms with Gasteiger partial charge in [-0.15, -0.1) is 0 Å². The van der Waals surface area contributed by atoms with Crippen molar-refractivity contribution in [2.24, 2.45) is 5.92 Å². The lowest BCUT2D eigenvalue weighted by Crippen LogP contribution is -2.55. The molecule has 7 heteroatoms. The molecule has 3 atom stereocenters. The van der Waals surface area contributed by atoms with Crippen molar-refractivity contribution in [2.75, 3.05) is 11.9 Å². The molecule has 0 aromatic heterocycles. The Balaban J connectivity index is 2.04. The zero-order valence-electron chi connectivity index (χ0n) is 26.2.